The minimum absolute atomic E-state index is 0.0964. The maximum absolute atomic E-state index is 11.9. The van der Waals surface area contributed by atoms with E-state index >= 15 is 0 Å². The molecule has 3 rings (SSSR count). The molecule has 0 unspecified atom stereocenters. The first-order valence-electron chi connectivity index (χ1n) is 8.15. The molecule has 0 radical (unpaired) electrons. The molecule has 0 atom stereocenters. The minimum Gasteiger partial charge on any atom is -0.339 e. The van der Waals surface area contributed by atoms with Crippen LogP contribution in [0.3, 0.4) is 0 Å². The highest BCUT2D eigenvalue weighted by Gasteiger charge is 2.11. The van der Waals surface area contributed by atoms with Crippen molar-refractivity contribution in [3.05, 3.63) is 65.3 Å². The Morgan fingerprint density at radius 3 is 2.44 bits per heavy atom. The van der Waals surface area contributed by atoms with Gasteiger partial charge in [-0.25, -0.2) is 0 Å². The van der Waals surface area contributed by atoms with Crippen LogP contribution in [0.15, 0.2) is 53.3 Å². The van der Waals surface area contributed by atoms with E-state index in [0.717, 1.165) is 11.1 Å². The normalized spacial score (nSPS) is 10.4. The maximum Gasteiger partial charge on any atom is 0.242 e. The standard InChI is InChI=1S/C18H16ClN5O3/c19-14-3-1-12(2-4-14)11-16(26)23-22-15(25)5-6-17-21-18(24-27-17)13-7-9-20-10-8-13/h1-4,7-10H,5-6,11H2,(H,22,25)(H,23,26). The molecule has 9 heteroatoms. The summed E-state index contributed by atoms with van der Waals surface area (Å²) in [7, 11) is 0. The number of nitrogens with one attached hydrogen (secondary N) is 2. The van der Waals surface area contributed by atoms with Crippen LogP contribution in [0.5, 0.6) is 0 Å². The van der Waals surface area contributed by atoms with Gasteiger partial charge < -0.3 is 4.52 Å². The summed E-state index contributed by atoms with van der Waals surface area (Å²) in [6, 6.07) is 10.4. The van der Waals surface area contributed by atoms with Crippen molar-refractivity contribution in [3.8, 4) is 11.4 Å². The van der Waals surface area contributed by atoms with Gasteiger partial charge in [0.15, 0.2) is 0 Å². The first-order valence-corrected chi connectivity index (χ1v) is 8.53. The quantitative estimate of drug-likeness (QED) is 0.629. The van der Waals surface area contributed by atoms with Gasteiger partial charge in [-0.2, -0.15) is 4.98 Å². The van der Waals surface area contributed by atoms with Crippen molar-refractivity contribution in [1.29, 1.82) is 0 Å². The third-order valence-electron chi connectivity index (χ3n) is 3.59. The van der Waals surface area contributed by atoms with Gasteiger partial charge in [0.2, 0.25) is 23.5 Å². The summed E-state index contributed by atoms with van der Waals surface area (Å²) in [5.41, 5.74) is 6.30. The fourth-order valence-corrected chi connectivity index (χ4v) is 2.35. The number of hydrogen-bond donors (Lipinski definition) is 2. The molecule has 0 saturated carbocycles. The average Bonchev–Trinajstić information content (AvgIpc) is 3.16. The number of benzene rings is 1. The van der Waals surface area contributed by atoms with E-state index in [0.29, 0.717) is 16.7 Å². The second-order valence-corrected chi connectivity index (χ2v) is 6.08. The van der Waals surface area contributed by atoms with Crippen molar-refractivity contribution in [2.24, 2.45) is 0 Å². The van der Waals surface area contributed by atoms with Gasteiger partial charge in [-0.15, -0.1) is 0 Å². The topological polar surface area (TPSA) is 110 Å². The molecular weight excluding hydrogens is 370 g/mol. The Labute approximate surface area is 159 Å². The van der Waals surface area contributed by atoms with E-state index in [1.165, 1.54) is 0 Å². The number of amides is 2. The number of aryl methyl sites for hydroxylation is 1. The Balaban J connectivity index is 1.41. The van der Waals surface area contributed by atoms with Crippen LogP contribution in [0.2, 0.25) is 5.02 Å². The first kappa shape index (κ1) is 18.5. The average molecular weight is 386 g/mol. The number of aromatic nitrogens is 3. The predicted octanol–water partition coefficient (Wildman–Crippen LogP) is 2.11. The van der Waals surface area contributed by atoms with Crippen LogP contribution in [-0.2, 0) is 22.4 Å². The van der Waals surface area contributed by atoms with E-state index in [1.807, 2.05) is 0 Å². The van der Waals surface area contributed by atoms with Gasteiger partial charge >= 0.3 is 0 Å². The van der Waals surface area contributed by atoms with Crippen molar-refractivity contribution in [2.45, 2.75) is 19.3 Å². The summed E-state index contributed by atoms with van der Waals surface area (Å²) in [6.07, 6.45) is 3.75. The van der Waals surface area contributed by atoms with E-state index in [2.05, 4.69) is 26.0 Å². The molecule has 0 fully saturated rings. The second kappa shape index (κ2) is 8.91. The zero-order chi connectivity index (χ0) is 19.1. The van der Waals surface area contributed by atoms with Gasteiger partial charge in [-0.1, -0.05) is 28.9 Å². The SMILES string of the molecule is O=C(CCc1nc(-c2ccncc2)no1)NNC(=O)Cc1ccc(Cl)cc1. The maximum atomic E-state index is 11.9. The molecule has 0 spiro atoms. The first-order chi connectivity index (χ1) is 13.1. The van der Waals surface area contributed by atoms with E-state index in [1.54, 1.807) is 48.8 Å². The Hall–Kier alpha value is -3.26. The minimum atomic E-state index is -0.358. The van der Waals surface area contributed by atoms with Crippen LogP contribution < -0.4 is 10.9 Å². The number of hydrazine groups is 1. The van der Waals surface area contributed by atoms with Gasteiger partial charge in [0.05, 0.1) is 6.42 Å². The van der Waals surface area contributed by atoms with Crippen LogP contribution in [0.25, 0.3) is 11.4 Å². The number of carbonyl (C=O) groups is 2. The molecule has 8 nitrogen and oxygen atoms in total. The Bertz CT molecular complexity index is 912. The molecule has 0 aliphatic carbocycles. The van der Waals surface area contributed by atoms with Crippen LogP contribution in [0.1, 0.15) is 17.9 Å². The third-order valence-corrected chi connectivity index (χ3v) is 3.84. The fourth-order valence-electron chi connectivity index (χ4n) is 2.23. The zero-order valence-corrected chi connectivity index (χ0v) is 14.9. The molecule has 2 heterocycles. The molecule has 2 amide bonds. The monoisotopic (exact) mass is 385 g/mol. The van der Waals surface area contributed by atoms with Crippen LogP contribution >= 0.6 is 11.6 Å². The third kappa shape index (κ3) is 5.61. The van der Waals surface area contributed by atoms with Gasteiger partial charge in [0.1, 0.15) is 0 Å². The lowest BCUT2D eigenvalue weighted by Gasteiger charge is -2.06. The molecule has 0 saturated heterocycles. The van der Waals surface area contributed by atoms with Gasteiger partial charge in [-0.3, -0.25) is 25.4 Å². The number of nitrogens with zero attached hydrogens (tertiary/aromatic N) is 3. The summed E-state index contributed by atoms with van der Waals surface area (Å²) in [5.74, 6) is 0.0834. The van der Waals surface area contributed by atoms with Gasteiger partial charge in [0, 0.05) is 35.8 Å². The van der Waals surface area contributed by atoms with Crippen LogP contribution in [0.4, 0.5) is 0 Å². The molecule has 138 valence electrons. The summed E-state index contributed by atoms with van der Waals surface area (Å²) in [4.78, 5) is 31.8. The lowest BCUT2D eigenvalue weighted by molar-refractivity contribution is -0.128. The highest BCUT2D eigenvalue weighted by atomic mass is 35.5. The Kier molecular flexibility index (Phi) is 6.11. The lowest BCUT2D eigenvalue weighted by Crippen LogP contribution is -2.42. The highest BCUT2D eigenvalue weighted by Crippen LogP contribution is 2.14. The molecule has 2 N–H and O–H groups in total. The summed E-state index contributed by atoms with van der Waals surface area (Å²) >= 11 is 5.79. The van der Waals surface area contributed by atoms with Crippen molar-refractivity contribution >= 4 is 23.4 Å². The second-order valence-electron chi connectivity index (χ2n) is 5.65. The number of hydrogen-bond acceptors (Lipinski definition) is 6. The largest absolute Gasteiger partial charge is 0.339 e. The smallest absolute Gasteiger partial charge is 0.242 e. The highest BCUT2D eigenvalue weighted by molar-refractivity contribution is 6.30. The van der Waals surface area contributed by atoms with Crippen molar-refractivity contribution in [3.63, 3.8) is 0 Å². The Morgan fingerprint density at radius 2 is 1.70 bits per heavy atom. The fraction of sp³-hybridized carbons (Fsp3) is 0.167. The number of halogens is 1. The summed E-state index contributed by atoms with van der Waals surface area (Å²) in [6.45, 7) is 0. The number of pyridine rings is 1. The van der Waals surface area contributed by atoms with Gasteiger partial charge in [-0.05, 0) is 29.8 Å². The molecular formula is C18H16ClN5O3. The van der Waals surface area contributed by atoms with E-state index < -0.39 is 0 Å². The molecule has 0 aliphatic heterocycles. The Morgan fingerprint density at radius 1 is 1.00 bits per heavy atom. The van der Waals surface area contributed by atoms with Crippen molar-refractivity contribution in [1.82, 2.24) is 26.0 Å². The lowest BCUT2D eigenvalue weighted by atomic mass is 10.1. The predicted molar refractivity (Wildman–Crippen MR) is 97.3 cm³/mol. The van der Waals surface area contributed by atoms with E-state index in [-0.39, 0.29) is 31.1 Å². The summed E-state index contributed by atoms with van der Waals surface area (Å²) < 4.78 is 5.12. The van der Waals surface area contributed by atoms with Crippen LogP contribution in [0, 0.1) is 0 Å². The number of rotatable bonds is 6. The molecule has 0 bridgehead atoms. The van der Waals surface area contributed by atoms with Crippen LogP contribution in [-0.4, -0.2) is 26.9 Å². The molecule has 3 aromatic rings. The van der Waals surface area contributed by atoms with E-state index in [4.69, 9.17) is 16.1 Å². The van der Waals surface area contributed by atoms with Crippen molar-refractivity contribution < 1.29 is 14.1 Å². The zero-order valence-electron chi connectivity index (χ0n) is 14.2. The molecule has 1 aromatic carbocycles. The van der Waals surface area contributed by atoms with E-state index in [9.17, 15) is 9.59 Å². The number of carbonyl (C=O) groups excluding carboxylic acids is 2. The van der Waals surface area contributed by atoms with Crippen molar-refractivity contribution in [2.75, 3.05) is 0 Å². The van der Waals surface area contributed by atoms with Gasteiger partial charge in [0.25, 0.3) is 0 Å². The molecule has 27 heavy (non-hydrogen) atoms. The molecule has 2 aromatic heterocycles. The molecule has 0 aliphatic rings. The summed E-state index contributed by atoms with van der Waals surface area (Å²) in [5, 5.41) is 4.46.